The smallest absolute Gasteiger partial charge is 0.0452 e. The summed E-state index contributed by atoms with van der Waals surface area (Å²) in [6.45, 7) is 4.75. The summed E-state index contributed by atoms with van der Waals surface area (Å²) in [4.78, 5) is 2.52. The Kier molecular flexibility index (Phi) is 2.88. The molecule has 1 atom stereocenters. The van der Waals surface area contributed by atoms with E-state index in [0.717, 1.165) is 24.5 Å². The molecule has 3 heteroatoms. The van der Waals surface area contributed by atoms with Crippen LogP contribution in [-0.4, -0.2) is 31.1 Å². The SMILES string of the molecule is Clc1ccc2c(c1)CCNC2CN1CCC1. The van der Waals surface area contributed by atoms with Gasteiger partial charge in [-0.3, -0.25) is 0 Å². The molecule has 2 aliphatic rings. The van der Waals surface area contributed by atoms with Crippen molar-refractivity contribution in [3.63, 3.8) is 0 Å². The number of nitrogens with zero attached hydrogens (tertiary/aromatic N) is 1. The molecule has 2 heterocycles. The number of hydrogen-bond acceptors (Lipinski definition) is 2. The lowest BCUT2D eigenvalue weighted by atomic mass is 9.93. The van der Waals surface area contributed by atoms with Crippen molar-refractivity contribution < 1.29 is 0 Å². The first-order valence-corrected chi connectivity index (χ1v) is 6.45. The molecule has 1 aromatic carbocycles. The highest BCUT2D eigenvalue weighted by Crippen LogP contribution is 2.27. The van der Waals surface area contributed by atoms with Crippen LogP contribution in [0.25, 0.3) is 0 Å². The number of likely N-dealkylation sites (tertiary alicyclic amines) is 1. The Morgan fingerprint density at radius 3 is 3.00 bits per heavy atom. The Hall–Kier alpha value is -0.570. The Labute approximate surface area is 102 Å². The summed E-state index contributed by atoms with van der Waals surface area (Å²) in [5, 5.41) is 4.47. The Balaban J connectivity index is 1.81. The quantitative estimate of drug-likeness (QED) is 0.847. The molecule has 2 nitrogen and oxygen atoms in total. The van der Waals surface area contributed by atoms with E-state index in [0.29, 0.717) is 6.04 Å². The van der Waals surface area contributed by atoms with E-state index in [-0.39, 0.29) is 0 Å². The summed E-state index contributed by atoms with van der Waals surface area (Å²) >= 11 is 6.04. The molecule has 0 aliphatic carbocycles. The van der Waals surface area contributed by atoms with Gasteiger partial charge in [-0.05, 0) is 55.7 Å². The van der Waals surface area contributed by atoms with Gasteiger partial charge in [0.15, 0.2) is 0 Å². The molecule has 16 heavy (non-hydrogen) atoms. The molecule has 0 bridgehead atoms. The van der Waals surface area contributed by atoms with Crippen molar-refractivity contribution in [3.8, 4) is 0 Å². The van der Waals surface area contributed by atoms with Gasteiger partial charge in [0.1, 0.15) is 0 Å². The van der Waals surface area contributed by atoms with Crippen molar-refractivity contribution in [1.82, 2.24) is 10.2 Å². The Morgan fingerprint density at radius 1 is 1.38 bits per heavy atom. The number of nitrogens with one attached hydrogen (secondary N) is 1. The van der Waals surface area contributed by atoms with Gasteiger partial charge in [0, 0.05) is 17.6 Å². The van der Waals surface area contributed by atoms with Gasteiger partial charge in [-0.15, -0.1) is 0 Å². The van der Waals surface area contributed by atoms with Gasteiger partial charge in [0.25, 0.3) is 0 Å². The third-order valence-corrected chi connectivity index (χ3v) is 3.89. The molecular weight excluding hydrogens is 220 g/mol. The largest absolute Gasteiger partial charge is 0.309 e. The summed E-state index contributed by atoms with van der Waals surface area (Å²) < 4.78 is 0. The van der Waals surface area contributed by atoms with E-state index >= 15 is 0 Å². The summed E-state index contributed by atoms with van der Waals surface area (Å²) in [6.07, 6.45) is 2.46. The Morgan fingerprint density at radius 2 is 2.25 bits per heavy atom. The lowest BCUT2D eigenvalue weighted by molar-refractivity contribution is 0.159. The van der Waals surface area contributed by atoms with Crippen molar-refractivity contribution in [2.24, 2.45) is 0 Å². The van der Waals surface area contributed by atoms with E-state index in [2.05, 4.69) is 22.3 Å². The minimum Gasteiger partial charge on any atom is -0.309 e. The number of fused-ring (bicyclic) bond motifs is 1. The van der Waals surface area contributed by atoms with Crippen LogP contribution in [0.3, 0.4) is 0 Å². The van der Waals surface area contributed by atoms with Gasteiger partial charge in [-0.1, -0.05) is 17.7 Å². The zero-order chi connectivity index (χ0) is 11.0. The van der Waals surface area contributed by atoms with Crippen LogP contribution < -0.4 is 5.32 Å². The van der Waals surface area contributed by atoms with E-state index in [9.17, 15) is 0 Å². The number of hydrogen-bond donors (Lipinski definition) is 1. The molecule has 86 valence electrons. The van der Waals surface area contributed by atoms with E-state index in [1.165, 1.54) is 30.6 Å². The highest BCUT2D eigenvalue weighted by molar-refractivity contribution is 6.30. The van der Waals surface area contributed by atoms with E-state index in [1.807, 2.05) is 6.07 Å². The van der Waals surface area contributed by atoms with Crippen LogP contribution in [0.2, 0.25) is 5.02 Å². The van der Waals surface area contributed by atoms with Gasteiger partial charge in [-0.25, -0.2) is 0 Å². The lowest BCUT2D eigenvalue weighted by Gasteiger charge is -2.36. The van der Waals surface area contributed by atoms with Gasteiger partial charge in [-0.2, -0.15) is 0 Å². The third-order valence-electron chi connectivity index (χ3n) is 3.65. The van der Waals surface area contributed by atoms with Crippen LogP contribution in [0.4, 0.5) is 0 Å². The molecule has 1 N–H and O–H groups in total. The fraction of sp³-hybridized carbons (Fsp3) is 0.538. The lowest BCUT2D eigenvalue weighted by Crippen LogP contribution is -2.44. The van der Waals surface area contributed by atoms with Crippen molar-refractivity contribution >= 4 is 11.6 Å². The highest BCUT2D eigenvalue weighted by Gasteiger charge is 2.24. The molecule has 0 spiro atoms. The number of halogens is 1. The molecule has 1 fully saturated rings. The summed E-state index contributed by atoms with van der Waals surface area (Å²) in [6, 6.07) is 6.83. The topological polar surface area (TPSA) is 15.3 Å². The number of benzene rings is 1. The molecule has 0 saturated carbocycles. The van der Waals surface area contributed by atoms with Crippen molar-refractivity contribution in [1.29, 1.82) is 0 Å². The van der Waals surface area contributed by atoms with Crippen molar-refractivity contribution in [2.45, 2.75) is 18.9 Å². The molecule has 3 rings (SSSR count). The van der Waals surface area contributed by atoms with Crippen molar-refractivity contribution in [2.75, 3.05) is 26.2 Å². The first-order chi connectivity index (χ1) is 7.83. The maximum Gasteiger partial charge on any atom is 0.0452 e. The molecular formula is C13H17ClN2. The molecule has 1 aromatic rings. The van der Waals surface area contributed by atoms with Crippen LogP contribution in [0.15, 0.2) is 18.2 Å². The second-order valence-corrected chi connectivity index (χ2v) is 5.19. The highest BCUT2D eigenvalue weighted by atomic mass is 35.5. The van der Waals surface area contributed by atoms with Crippen LogP contribution in [0, 0.1) is 0 Å². The van der Waals surface area contributed by atoms with Gasteiger partial charge in [0.2, 0.25) is 0 Å². The fourth-order valence-corrected chi connectivity index (χ4v) is 2.80. The first-order valence-electron chi connectivity index (χ1n) is 6.07. The first kappa shape index (κ1) is 10.6. The summed E-state index contributed by atoms with van der Waals surface area (Å²) in [5.74, 6) is 0. The monoisotopic (exact) mass is 236 g/mol. The summed E-state index contributed by atoms with van der Waals surface area (Å²) in [7, 11) is 0. The molecule has 2 aliphatic heterocycles. The zero-order valence-corrected chi connectivity index (χ0v) is 10.1. The van der Waals surface area contributed by atoms with E-state index in [4.69, 9.17) is 11.6 Å². The van der Waals surface area contributed by atoms with E-state index in [1.54, 1.807) is 0 Å². The maximum absolute atomic E-state index is 6.04. The number of rotatable bonds is 2. The van der Waals surface area contributed by atoms with E-state index < -0.39 is 0 Å². The average Bonchev–Trinajstić information content (AvgIpc) is 2.23. The molecule has 0 amide bonds. The summed E-state index contributed by atoms with van der Waals surface area (Å²) in [5.41, 5.74) is 2.87. The minimum atomic E-state index is 0.501. The van der Waals surface area contributed by atoms with Crippen molar-refractivity contribution in [3.05, 3.63) is 34.3 Å². The average molecular weight is 237 g/mol. The van der Waals surface area contributed by atoms with Gasteiger partial charge in [0.05, 0.1) is 0 Å². The third kappa shape index (κ3) is 1.97. The van der Waals surface area contributed by atoms with Gasteiger partial charge >= 0.3 is 0 Å². The fourth-order valence-electron chi connectivity index (χ4n) is 2.61. The Bertz CT molecular complexity index is 388. The molecule has 0 radical (unpaired) electrons. The van der Waals surface area contributed by atoms with Crippen LogP contribution in [0.5, 0.6) is 0 Å². The predicted molar refractivity (Wildman–Crippen MR) is 67.0 cm³/mol. The van der Waals surface area contributed by atoms with Crippen LogP contribution in [-0.2, 0) is 6.42 Å². The maximum atomic E-state index is 6.04. The second-order valence-electron chi connectivity index (χ2n) is 4.75. The second kappa shape index (κ2) is 4.36. The minimum absolute atomic E-state index is 0.501. The molecule has 1 unspecified atom stereocenters. The molecule has 1 saturated heterocycles. The zero-order valence-electron chi connectivity index (χ0n) is 9.38. The molecule has 0 aromatic heterocycles. The van der Waals surface area contributed by atoms with Gasteiger partial charge < -0.3 is 10.2 Å². The standard InChI is InChI=1S/C13H17ClN2/c14-11-2-3-12-10(8-11)4-5-15-13(12)9-16-6-1-7-16/h2-3,8,13,15H,1,4-7,9H2. The van der Waals surface area contributed by atoms with Crippen LogP contribution >= 0.6 is 11.6 Å². The van der Waals surface area contributed by atoms with Crippen LogP contribution in [0.1, 0.15) is 23.6 Å². The predicted octanol–water partition coefficient (Wildman–Crippen LogP) is 2.23. The normalized spacial score (nSPS) is 24.9.